The van der Waals surface area contributed by atoms with Gasteiger partial charge in [-0.05, 0) is 23.9 Å². The van der Waals surface area contributed by atoms with Crippen molar-refractivity contribution in [2.45, 2.75) is 19.6 Å². The molecule has 1 N–H and O–H groups in total. The lowest BCUT2D eigenvalue weighted by atomic mass is 10.1. The van der Waals surface area contributed by atoms with Crippen LogP contribution in [0, 0.1) is 0 Å². The van der Waals surface area contributed by atoms with Crippen molar-refractivity contribution < 1.29 is 4.74 Å². The van der Waals surface area contributed by atoms with Gasteiger partial charge in [0, 0.05) is 24.6 Å². The van der Waals surface area contributed by atoms with Gasteiger partial charge in [-0.15, -0.1) is 11.3 Å². The third kappa shape index (κ3) is 1.40. The molecular formula is C9H13NOS. The summed E-state index contributed by atoms with van der Waals surface area (Å²) in [5, 5.41) is 5.49. The van der Waals surface area contributed by atoms with Crippen molar-refractivity contribution in [3.63, 3.8) is 0 Å². The number of thiophene rings is 1. The zero-order valence-electron chi connectivity index (χ0n) is 7.17. The van der Waals surface area contributed by atoms with Crippen LogP contribution in [0.15, 0.2) is 11.4 Å². The van der Waals surface area contributed by atoms with Gasteiger partial charge in [0.15, 0.2) is 0 Å². The maximum absolute atomic E-state index is 5.62. The fraction of sp³-hybridized carbons (Fsp3) is 0.556. The smallest absolute Gasteiger partial charge is 0.104 e. The fourth-order valence-electron chi connectivity index (χ4n) is 1.54. The Morgan fingerprint density at radius 3 is 3.50 bits per heavy atom. The second-order valence-corrected chi connectivity index (χ2v) is 3.83. The molecule has 0 fully saturated rings. The molecule has 0 aliphatic carbocycles. The summed E-state index contributed by atoms with van der Waals surface area (Å²) in [6, 6.07) is 2.18. The monoisotopic (exact) mass is 183 g/mol. The standard InChI is InChI=1S/C9H13NOS/c1-2-11-8-6-10-5-7-3-4-12-9(7)8/h3-4,8,10H,2,5-6H2,1H3/t8-/m0/s1. The highest BCUT2D eigenvalue weighted by Gasteiger charge is 2.20. The molecule has 2 nitrogen and oxygen atoms in total. The van der Waals surface area contributed by atoms with Gasteiger partial charge in [0.25, 0.3) is 0 Å². The highest BCUT2D eigenvalue weighted by molar-refractivity contribution is 7.10. The molecule has 1 aliphatic rings. The zero-order valence-corrected chi connectivity index (χ0v) is 7.99. The topological polar surface area (TPSA) is 21.3 Å². The van der Waals surface area contributed by atoms with Crippen LogP contribution in [0.3, 0.4) is 0 Å². The molecule has 1 aromatic rings. The van der Waals surface area contributed by atoms with E-state index in [2.05, 4.69) is 16.8 Å². The van der Waals surface area contributed by atoms with E-state index in [0.29, 0.717) is 6.10 Å². The molecule has 0 unspecified atom stereocenters. The highest BCUT2D eigenvalue weighted by atomic mass is 32.1. The summed E-state index contributed by atoms with van der Waals surface area (Å²) in [4.78, 5) is 1.41. The largest absolute Gasteiger partial charge is 0.372 e. The van der Waals surface area contributed by atoms with E-state index in [9.17, 15) is 0 Å². The highest BCUT2D eigenvalue weighted by Crippen LogP contribution is 2.29. The van der Waals surface area contributed by atoms with Crippen LogP contribution < -0.4 is 5.32 Å². The maximum atomic E-state index is 5.62. The molecule has 1 atom stereocenters. The van der Waals surface area contributed by atoms with Crippen LogP contribution in [0.4, 0.5) is 0 Å². The number of hydrogen-bond donors (Lipinski definition) is 1. The summed E-state index contributed by atoms with van der Waals surface area (Å²) >= 11 is 1.81. The number of nitrogens with one attached hydrogen (secondary N) is 1. The van der Waals surface area contributed by atoms with E-state index in [1.54, 1.807) is 0 Å². The van der Waals surface area contributed by atoms with Crippen LogP contribution in [-0.4, -0.2) is 13.2 Å². The first-order chi connectivity index (χ1) is 5.92. The van der Waals surface area contributed by atoms with Gasteiger partial charge < -0.3 is 10.1 Å². The Morgan fingerprint density at radius 1 is 1.75 bits per heavy atom. The van der Waals surface area contributed by atoms with Crippen molar-refractivity contribution in [2.24, 2.45) is 0 Å². The normalized spacial score (nSPS) is 22.2. The SMILES string of the molecule is CCO[C@H]1CNCc2ccsc21. The molecular weight excluding hydrogens is 170 g/mol. The predicted molar refractivity (Wildman–Crippen MR) is 50.4 cm³/mol. The molecule has 0 radical (unpaired) electrons. The van der Waals surface area contributed by atoms with Crippen molar-refractivity contribution in [3.8, 4) is 0 Å². The van der Waals surface area contributed by atoms with Gasteiger partial charge in [-0.2, -0.15) is 0 Å². The minimum Gasteiger partial charge on any atom is -0.372 e. The van der Waals surface area contributed by atoms with Crippen molar-refractivity contribution in [2.75, 3.05) is 13.2 Å². The molecule has 0 saturated heterocycles. The maximum Gasteiger partial charge on any atom is 0.104 e. The molecule has 0 saturated carbocycles. The molecule has 3 heteroatoms. The zero-order chi connectivity index (χ0) is 8.39. The predicted octanol–water partition coefficient (Wildman–Crippen LogP) is 1.93. The first-order valence-electron chi connectivity index (χ1n) is 4.30. The van der Waals surface area contributed by atoms with E-state index in [-0.39, 0.29) is 0 Å². The Kier molecular flexibility index (Phi) is 2.44. The Labute approximate surface area is 76.6 Å². The van der Waals surface area contributed by atoms with Gasteiger partial charge in [0.1, 0.15) is 6.10 Å². The molecule has 66 valence electrons. The first kappa shape index (κ1) is 8.23. The number of hydrogen-bond acceptors (Lipinski definition) is 3. The Morgan fingerprint density at radius 2 is 2.67 bits per heavy atom. The summed E-state index contributed by atoms with van der Waals surface area (Å²) in [6.45, 7) is 4.80. The van der Waals surface area contributed by atoms with Gasteiger partial charge in [-0.3, -0.25) is 0 Å². The van der Waals surface area contributed by atoms with Gasteiger partial charge in [-0.25, -0.2) is 0 Å². The first-order valence-corrected chi connectivity index (χ1v) is 5.18. The van der Waals surface area contributed by atoms with Gasteiger partial charge in [0.05, 0.1) is 0 Å². The van der Waals surface area contributed by atoms with Crippen LogP contribution in [0.5, 0.6) is 0 Å². The molecule has 0 aromatic carbocycles. The number of fused-ring (bicyclic) bond motifs is 1. The fourth-order valence-corrected chi connectivity index (χ4v) is 2.52. The summed E-state index contributed by atoms with van der Waals surface area (Å²) < 4.78 is 5.62. The van der Waals surface area contributed by atoms with E-state index in [1.165, 1.54) is 10.4 Å². The van der Waals surface area contributed by atoms with E-state index in [0.717, 1.165) is 19.7 Å². The summed E-state index contributed by atoms with van der Waals surface area (Å²) in [6.07, 6.45) is 0.291. The molecule has 0 amide bonds. The Bertz CT molecular complexity index is 259. The quantitative estimate of drug-likeness (QED) is 0.756. The second-order valence-electron chi connectivity index (χ2n) is 2.88. The minimum absolute atomic E-state index is 0.291. The molecule has 0 bridgehead atoms. The summed E-state index contributed by atoms with van der Waals surface area (Å²) in [5.41, 5.74) is 1.41. The van der Waals surface area contributed by atoms with Crippen LogP contribution in [0.25, 0.3) is 0 Å². The minimum atomic E-state index is 0.291. The van der Waals surface area contributed by atoms with E-state index >= 15 is 0 Å². The van der Waals surface area contributed by atoms with Crippen LogP contribution in [-0.2, 0) is 11.3 Å². The number of ether oxygens (including phenoxy) is 1. The van der Waals surface area contributed by atoms with Crippen LogP contribution in [0.1, 0.15) is 23.5 Å². The molecule has 1 aliphatic heterocycles. The van der Waals surface area contributed by atoms with Crippen molar-refractivity contribution in [1.29, 1.82) is 0 Å². The van der Waals surface area contributed by atoms with E-state index < -0.39 is 0 Å². The van der Waals surface area contributed by atoms with Crippen LogP contribution in [0.2, 0.25) is 0 Å². The Balaban J connectivity index is 2.19. The lowest BCUT2D eigenvalue weighted by Gasteiger charge is -2.22. The van der Waals surface area contributed by atoms with Crippen LogP contribution >= 0.6 is 11.3 Å². The third-order valence-electron chi connectivity index (χ3n) is 2.09. The van der Waals surface area contributed by atoms with Crippen molar-refractivity contribution in [1.82, 2.24) is 5.32 Å². The summed E-state index contributed by atoms with van der Waals surface area (Å²) in [7, 11) is 0. The third-order valence-corrected chi connectivity index (χ3v) is 3.14. The number of rotatable bonds is 2. The van der Waals surface area contributed by atoms with Gasteiger partial charge in [0.2, 0.25) is 0 Å². The van der Waals surface area contributed by atoms with Crippen molar-refractivity contribution >= 4 is 11.3 Å². The van der Waals surface area contributed by atoms with E-state index in [1.807, 2.05) is 18.3 Å². The average Bonchev–Trinajstić information content (AvgIpc) is 2.53. The molecule has 2 rings (SSSR count). The molecule has 0 spiro atoms. The van der Waals surface area contributed by atoms with Crippen molar-refractivity contribution in [3.05, 3.63) is 21.9 Å². The molecule has 1 aromatic heterocycles. The van der Waals surface area contributed by atoms with Gasteiger partial charge >= 0.3 is 0 Å². The average molecular weight is 183 g/mol. The molecule has 2 heterocycles. The summed E-state index contributed by atoms with van der Waals surface area (Å²) in [5.74, 6) is 0. The lowest BCUT2D eigenvalue weighted by Crippen LogP contribution is -2.28. The second kappa shape index (κ2) is 3.56. The molecule has 12 heavy (non-hydrogen) atoms. The lowest BCUT2D eigenvalue weighted by molar-refractivity contribution is 0.0596. The van der Waals surface area contributed by atoms with E-state index in [4.69, 9.17) is 4.74 Å². The van der Waals surface area contributed by atoms with Gasteiger partial charge in [-0.1, -0.05) is 0 Å². The Hall–Kier alpha value is -0.380.